The van der Waals surface area contributed by atoms with Crippen LogP contribution < -0.4 is 0 Å². The lowest BCUT2D eigenvalue weighted by atomic mass is 10.1. The third-order valence-electron chi connectivity index (χ3n) is 3.22. The minimum Gasteiger partial charge on any atom is -0.370 e. The molecule has 19 heavy (non-hydrogen) atoms. The van der Waals surface area contributed by atoms with Gasteiger partial charge >= 0.3 is 0 Å². The van der Waals surface area contributed by atoms with Crippen LogP contribution in [0.15, 0.2) is 18.2 Å². The summed E-state index contributed by atoms with van der Waals surface area (Å²) in [5, 5.41) is 0.573. The predicted molar refractivity (Wildman–Crippen MR) is 77.1 cm³/mol. The van der Waals surface area contributed by atoms with Crippen LogP contribution in [0.4, 0.5) is 0 Å². The summed E-state index contributed by atoms with van der Waals surface area (Å²) in [6, 6.07) is 5.37. The van der Waals surface area contributed by atoms with Gasteiger partial charge in [-0.15, -0.1) is 11.6 Å². The zero-order chi connectivity index (χ0) is 14.0. The second-order valence-electron chi connectivity index (χ2n) is 4.89. The van der Waals surface area contributed by atoms with Crippen LogP contribution in [0, 0.1) is 6.92 Å². The number of hydrogen-bond acceptors (Lipinski definition) is 2. The highest BCUT2D eigenvalue weighted by molar-refractivity contribution is 6.31. The second-order valence-corrected chi connectivity index (χ2v) is 5.64. The summed E-state index contributed by atoms with van der Waals surface area (Å²) >= 11 is 11.8. The summed E-state index contributed by atoms with van der Waals surface area (Å²) < 4.78 is 5.65. The molecule has 2 unspecified atom stereocenters. The van der Waals surface area contributed by atoms with Gasteiger partial charge in [0.05, 0.1) is 18.1 Å². The van der Waals surface area contributed by atoms with Crippen molar-refractivity contribution in [2.45, 2.75) is 26.1 Å². The molecule has 1 saturated heterocycles. The van der Waals surface area contributed by atoms with Gasteiger partial charge in [-0.05, 0) is 31.5 Å². The molecule has 0 N–H and O–H groups in total. The molecule has 0 bridgehead atoms. The Hall–Kier alpha value is -0.770. The first kappa shape index (κ1) is 14.6. The zero-order valence-corrected chi connectivity index (χ0v) is 12.5. The van der Waals surface area contributed by atoms with Gasteiger partial charge in [-0.1, -0.05) is 17.7 Å². The Labute approximate surface area is 123 Å². The average Bonchev–Trinajstić information content (AvgIpc) is 2.40. The van der Waals surface area contributed by atoms with Crippen molar-refractivity contribution in [3.05, 3.63) is 34.3 Å². The van der Waals surface area contributed by atoms with E-state index in [1.54, 1.807) is 17.0 Å². The lowest BCUT2D eigenvalue weighted by molar-refractivity contribution is -0.0570. The number of hydrogen-bond donors (Lipinski definition) is 0. The fraction of sp³-hybridized carbons (Fsp3) is 0.500. The van der Waals surface area contributed by atoms with Gasteiger partial charge in [-0.25, -0.2) is 0 Å². The van der Waals surface area contributed by atoms with E-state index in [0.717, 1.165) is 5.56 Å². The van der Waals surface area contributed by atoms with Crippen molar-refractivity contribution in [1.82, 2.24) is 4.90 Å². The third kappa shape index (κ3) is 3.41. The molecule has 1 fully saturated rings. The summed E-state index contributed by atoms with van der Waals surface area (Å²) in [4.78, 5) is 14.3. The van der Waals surface area contributed by atoms with Crippen molar-refractivity contribution < 1.29 is 9.53 Å². The Bertz CT molecular complexity index is 479. The number of carbonyl (C=O) groups is 1. The molecule has 1 amide bonds. The summed E-state index contributed by atoms with van der Waals surface area (Å²) in [6.07, 6.45) is -0.102. The van der Waals surface area contributed by atoms with Gasteiger partial charge in [-0.3, -0.25) is 4.79 Å². The smallest absolute Gasteiger partial charge is 0.254 e. The maximum atomic E-state index is 12.5. The quantitative estimate of drug-likeness (QED) is 0.786. The van der Waals surface area contributed by atoms with Gasteiger partial charge in [0, 0.05) is 23.7 Å². The first-order valence-electron chi connectivity index (χ1n) is 6.28. The Morgan fingerprint density at radius 3 is 2.89 bits per heavy atom. The van der Waals surface area contributed by atoms with E-state index in [1.807, 2.05) is 19.9 Å². The summed E-state index contributed by atoms with van der Waals surface area (Å²) in [5.41, 5.74) is 1.57. The number of carbonyl (C=O) groups excluding carboxylic acids is 1. The van der Waals surface area contributed by atoms with E-state index in [-0.39, 0.29) is 18.1 Å². The van der Waals surface area contributed by atoms with Crippen LogP contribution in [0.1, 0.15) is 22.8 Å². The van der Waals surface area contributed by atoms with Crippen molar-refractivity contribution in [3.63, 3.8) is 0 Å². The molecule has 1 aliphatic rings. The molecule has 0 radical (unpaired) electrons. The predicted octanol–water partition coefficient (Wildman–Crippen LogP) is 3.12. The van der Waals surface area contributed by atoms with Crippen LogP contribution in [0.25, 0.3) is 0 Å². The van der Waals surface area contributed by atoms with Gasteiger partial charge < -0.3 is 9.64 Å². The van der Waals surface area contributed by atoms with Crippen LogP contribution in [0.5, 0.6) is 0 Å². The largest absolute Gasteiger partial charge is 0.370 e. The normalized spacial score (nSPS) is 23.5. The van der Waals surface area contributed by atoms with E-state index in [2.05, 4.69) is 0 Å². The highest BCUT2D eigenvalue weighted by atomic mass is 35.5. The number of benzene rings is 1. The SMILES string of the molecule is Cc1ccc(Cl)cc1C(=O)N1CC(C)OC(CCl)C1. The van der Waals surface area contributed by atoms with E-state index >= 15 is 0 Å². The van der Waals surface area contributed by atoms with Crippen molar-refractivity contribution in [2.24, 2.45) is 0 Å². The number of halogens is 2. The molecule has 0 aliphatic carbocycles. The maximum absolute atomic E-state index is 12.5. The molecular formula is C14H17Cl2NO2. The molecule has 1 aromatic carbocycles. The second kappa shape index (κ2) is 6.12. The highest BCUT2D eigenvalue weighted by Gasteiger charge is 2.29. The van der Waals surface area contributed by atoms with Gasteiger partial charge in [0.15, 0.2) is 0 Å². The molecule has 0 spiro atoms. The van der Waals surface area contributed by atoms with Crippen LogP contribution in [0.2, 0.25) is 5.02 Å². The molecule has 0 saturated carbocycles. The van der Waals surface area contributed by atoms with Crippen LogP contribution in [0.3, 0.4) is 0 Å². The summed E-state index contributed by atoms with van der Waals surface area (Å²) in [7, 11) is 0. The molecule has 3 nitrogen and oxygen atoms in total. The minimum absolute atomic E-state index is 0.000871. The minimum atomic E-state index is -0.103. The fourth-order valence-corrected chi connectivity index (χ4v) is 2.63. The fourth-order valence-electron chi connectivity index (χ4n) is 2.29. The Kier molecular flexibility index (Phi) is 4.71. The average molecular weight is 302 g/mol. The number of amides is 1. The van der Waals surface area contributed by atoms with Crippen LogP contribution in [-0.4, -0.2) is 42.0 Å². The lowest BCUT2D eigenvalue weighted by Gasteiger charge is -2.36. The third-order valence-corrected chi connectivity index (χ3v) is 3.79. The van der Waals surface area contributed by atoms with Gasteiger partial charge in [-0.2, -0.15) is 0 Å². The molecule has 1 aliphatic heterocycles. The monoisotopic (exact) mass is 301 g/mol. The van der Waals surface area contributed by atoms with Crippen molar-refractivity contribution in [3.8, 4) is 0 Å². The van der Waals surface area contributed by atoms with Crippen molar-refractivity contribution in [2.75, 3.05) is 19.0 Å². The summed E-state index contributed by atoms with van der Waals surface area (Å²) in [6.45, 7) is 4.97. The lowest BCUT2D eigenvalue weighted by Crippen LogP contribution is -2.49. The molecule has 5 heteroatoms. The molecule has 0 aromatic heterocycles. The first-order valence-corrected chi connectivity index (χ1v) is 7.19. The molecule has 1 heterocycles. The van der Waals surface area contributed by atoms with E-state index in [9.17, 15) is 4.79 Å². The Morgan fingerprint density at radius 2 is 2.21 bits per heavy atom. The Balaban J connectivity index is 2.21. The van der Waals surface area contributed by atoms with Crippen molar-refractivity contribution >= 4 is 29.1 Å². The van der Waals surface area contributed by atoms with E-state index in [4.69, 9.17) is 27.9 Å². The van der Waals surface area contributed by atoms with Gasteiger partial charge in [0.1, 0.15) is 0 Å². The summed E-state index contributed by atoms with van der Waals surface area (Å²) in [5.74, 6) is 0.383. The van der Waals surface area contributed by atoms with E-state index in [1.165, 1.54) is 0 Å². The highest BCUT2D eigenvalue weighted by Crippen LogP contribution is 2.20. The zero-order valence-electron chi connectivity index (χ0n) is 11.0. The molecule has 2 atom stereocenters. The molecule has 1 aromatic rings. The van der Waals surface area contributed by atoms with Crippen LogP contribution in [-0.2, 0) is 4.74 Å². The number of aryl methyl sites for hydroxylation is 1. The number of morpholine rings is 1. The van der Waals surface area contributed by atoms with Gasteiger partial charge in [0.25, 0.3) is 5.91 Å². The molecular weight excluding hydrogens is 285 g/mol. The molecule has 2 rings (SSSR count). The number of ether oxygens (including phenoxy) is 1. The first-order chi connectivity index (χ1) is 9.01. The van der Waals surface area contributed by atoms with E-state index in [0.29, 0.717) is 29.6 Å². The maximum Gasteiger partial charge on any atom is 0.254 e. The standard InChI is InChI=1S/C14H17Cl2NO2/c1-9-3-4-11(16)5-13(9)14(18)17-7-10(2)19-12(6-15)8-17/h3-5,10,12H,6-8H2,1-2H3. The molecule has 104 valence electrons. The number of rotatable bonds is 2. The Morgan fingerprint density at radius 1 is 1.47 bits per heavy atom. The topological polar surface area (TPSA) is 29.5 Å². The number of nitrogens with zero attached hydrogens (tertiary/aromatic N) is 1. The van der Waals surface area contributed by atoms with E-state index < -0.39 is 0 Å². The number of alkyl halides is 1. The van der Waals surface area contributed by atoms with Gasteiger partial charge in [0.2, 0.25) is 0 Å². The van der Waals surface area contributed by atoms with Crippen molar-refractivity contribution in [1.29, 1.82) is 0 Å². The van der Waals surface area contributed by atoms with Crippen LogP contribution >= 0.6 is 23.2 Å².